The molecule has 2 aromatic rings. The minimum Gasteiger partial charge on any atom is -0.353 e. The van der Waals surface area contributed by atoms with Gasteiger partial charge in [-0.25, -0.2) is 9.67 Å². The van der Waals surface area contributed by atoms with E-state index in [0.29, 0.717) is 13.2 Å². The lowest BCUT2D eigenvalue weighted by Crippen LogP contribution is -2.20. The SMILES string of the molecule is CCOC(Cc1c[c]c(-n2cncn2)cc1)OCC. The summed E-state index contributed by atoms with van der Waals surface area (Å²) in [6.45, 7) is 5.22. The summed E-state index contributed by atoms with van der Waals surface area (Å²) in [6, 6.07) is 9.09. The first kappa shape index (κ1) is 13.7. The van der Waals surface area contributed by atoms with Crippen LogP contribution < -0.4 is 0 Å². The van der Waals surface area contributed by atoms with Crippen LogP contribution in [-0.4, -0.2) is 34.3 Å². The number of rotatable bonds is 7. The number of nitrogens with zero attached hydrogens (tertiary/aromatic N) is 3. The van der Waals surface area contributed by atoms with E-state index in [-0.39, 0.29) is 6.29 Å². The quantitative estimate of drug-likeness (QED) is 0.714. The Morgan fingerprint density at radius 2 is 2.05 bits per heavy atom. The van der Waals surface area contributed by atoms with Crippen LogP contribution in [0.5, 0.6) is 0 Å². The summed E-state index contributed by atoms with van der Waals surface area (Å²) in [6.07, 6.45) is 3.67. The first-order chi connectivity index (χ1) is 9.33. The molecule has 0 bridgehead atoms. The first-order valence-corrected chi connectivity index (χ1v) is 6.42. The van der Waals surface area contributed by atoms with Gasteiger partial charge in [-0.05, 0) is 31.5 Å². The molecule has 0 saturated heterocycles. The van der Waals surface area contributed by atoms with Gasteiger partial charge in [-0.2, -0.15) is 5.10 Å². The summed E-state index contributed by atoms with van der Waals surface area (Å²) in [4.78, 5) is 3.91. The van der Waals surface area contributed by atoms with Gasteiger partial charge in [0.1, 0.15) is 12.7 Å². The van der Waals surface area contributed by atoms with Crippen molar-refractivity contribution in [2.75, 3.05) is 13.2 Å². The summed E-state index contributed by atoms with van der Waals surface area (Å²) in [7, 11) is 0. The van der Waals surface area contributed by atoms with Crippen LogP contribution in [0.3, 0.4) is 0 Å². The lowest BCUT2D eigenvalue weighted by atomic mass is 10.1. The summed E-state index contributed by atoms with van der Waals surface area (Å²) in [5.74, 6) is 0. The van der Waals surface area contributed by atoms with E-state index >= 15 is 0 Å². The lowest BCUT2D eigenvalue weighted by Gasteiger charge is -2.16. The van der Waals surface area contributed by atoms with E-state index in [4.69, 9.17) is 9.47 Å². The number of aromatic nitrogens is 3. The fraction of sp³-hybridized carbons (Fsp3) is 0.429. The van der Waals surface area contributed by atoms with E-state index in [0.717, 1.165) is 17.7 Å². The molecule has 5 heteroatoms. The number of ether oxygens (including phenoxy) is 2. The van der Waals surface area contributed by atoms with Crippen LogP contribution in [0.25, 0.3) is 5.69 Å². The van der Waals surface area contributed by atoms with Crippen LogP contribution >= 0.6 is 0 Å². The molecule has 1 radical (unpaired) electrons. The fourth-order valence-electron chi connectivity index (χ4n) is 1.78. The predicted octanol–water partition coefficient (Wildman–Crippen LogP) is 2.01. The molecule has 0 aliphatic heterocycles. The van der Waals surface area contributed by atoms with Crippen molar-refractivity contribution in [1.29, 1.82) is 0 Å². The highest BCUT2D eigenvalue weighted by atomic mass is 16.7. The monoisotopic (exact) mass is 260 g/mol. The third-order valence-electron chi connectivity index (χ3n) is 2.63. The van der Waals surface area contributed by atoms with Gasteiger partial charge < -0.3 is 9.47 Å². The lowest BCUT2D eigenvalue weighted by molar-refractivity contribution is -0.134. The molecular weight excluding hydrogens is 242 g/mol. The molecule has 0 unspecified atom stereocenters. The van der Waals surface area contributed by atoms with Crippen molar-refractivity contribution in [3.05, 3.63) is 42.5 Å². The van der Waals surface area contributed by atoms with E-state index in [9.17, 15) is 0 Å². The standard InChI is InChI=1S/C14H18N3O2/c1-3-18-14(19-4-2)9-12-5-7-13(8-6-12)17-11-15-10-16-17/h5-7,10-11,14H,3-4,9H2,1-2H3. The van der Waals surface area contributed by atoms with Crippen molar-refractivity contribution in [3.8, 4) is 5.69 Å². The Labute approximate surface area is 113 Å². The molecule has 0 spiro atoms. The van der Waals surface area contributed by atoms with Gasteiger partial charge in [0.25, 0.3) is 0 Å². The number of benzene rings is 1. The summed E-state index contributed by atoms with van der Waals surface area (Å²) in [5.41, 5.74) is 1.99. The molecule has 101 valence electrons. The predicted molar refractivity (Wildman–Crippen MR) is 70.9 cm³/mol. The first-order valence-electron chi connectivity index (χ1n) is 6.42. The van der Waals surface area contributed by atoms with Crippen LogP contribution in [0, 0.1) is 6.07 Å². The minimum absolute atomic E-state index is 0.194. The van der Waals surface area contributed by atoms with Gasteiger partial charge in [-0.15, -0.1) is 0 Å². The Hall–Kier alpha value is -1.72. The molecule has 1 aromatic carbocycles. The molecular formula is C14H18N3O2. The molecule has 0 fully saturated rings. The molecule has 5 nitrogen and oxygen atoms in total. The van der Waals surface area contributed by atoms with Crippen molar-refractivity contribution >= 4 is 0 Å². The Morgan fingerprint density at radius 1 is 1.26 bits per heavy atom. The van der Waals surface area contributed by atoms with Gasteiger partial charge in [-0.1, -0.05) is 6.07 Å². The second kappa shape index (κ2) is 7.01. The Morgan fingerprint density at radius 3 is 2.58 bits per heavy atom. The summed E-state index contributed by atoms with van der Waals surface area (Å²) in [5, 5.41) is 4.06. The smallest absolute Gasteiger partial charge is 0.161 e. The zero-order valence-electron chi connectivity index (χ0n) is 11.2. The Balaban J connectivity index is 2.01. The molecule has 19 heavy (non-hydrogen) atoms. The van der Waals surface area contributed by atoms with E-state index in [2.05, 4.69) is 16.1 Å². The average molecular weight is 260 g/mol. The summed E-state index contributed by atoms with van der Waals surface area (Å²) < 4.78 is 12.7. The van der Waals surface area contributed by atoms with E-state index in [1.807, 2.05) is 32.0 Å². The topological polar surface area (TPSA) is 49.2 Å². The molecule has 0 N–H and O–H groups in total. The zero-order valence-corrected chi connectivity index (χ0v) is 11.2. The summed E-state index contributed by atoms with van der Waals surface area (Å²) >= 11 is 0. The van der Waals surface area contributed by atoms with Crippen molar-refractivity contribution < 1.29 is 9.47 Å². The third kappa shape index (κ3) is 3.87. The third-order valence-corrected chi connectivity index (χ3v) is 2.63. The maximum absolute atomic E-state index is 5.53. The zero-order chi connectivity index (χ0) is 13.5. The van der Waals surface area contributed by atoms with Crippen LogP contribution in [0.2, 0.25) is 0 Å². The van der Waals surface area contributed by atoms with E-state index in [1.54, 1.807) is 11.0 Å². The molecule has 0 amide bonds. The maximum atomic E-state index is 5.53. The highest BCUT2D eigenvalue weighted by Crippen LogP contribution is 2.11. The average Bonchev–Trinajstić information content (AvgIpc) is 2.94. The van der Waals surface area contributed by atoms with Crippen molar-refractivity contribution in [3.63, 3.8) is 0 Å². The minimum atomic E-state index is -0.194. The molecule has 0 saturated carbocycles. The highest BCUT2D eigenvalue weighted by molar-refractivity contribution is 5.32. The van der Waals surface area contributed by atoms with Gasteiger partial charge in [0, 0.05) is 25.7 Å². The van der Waals surface area contributed by atoms with E-state index < -0.39 is 0 Å². The molecule has 2 rings (SSSR count). The fourth-order valence-corrected chi connectivity index (χ4v) is 1.78. The van der Waals surface area contributed by atoms with Crippen LogP contribution in [0.15, 0.2) is 30.9 Å². The van der Waals surface area contributed by atoms with Crippen LogP contribution in [0.1, 0.15) is 19.4 Å². The van der Waals surface area contributed by atoms with Gasteiger partial charge in [0.2, 0.25) is 0 Å². The number of hydrogen-bond donors (Lipinski definition) is 0. The van der Waals surface area contributed by atoms with Gasteiger partial charge in [-0.3, -0.25) is 0 Å². The van der Waals surface area contributed by atoms with Crippen molar-refractivity contribution in [2.45, 2.75) is 26.6 Å². The molecule has 1 heterocycles. The highest BCUT2D eigenvalue weighted by Gasteiger charge is 2.09. The van der Waals surface area contributed by atoms with Gasteiger partial charge >= 0.3 is 0 Å². The molecule has 0 aliphatic carbocycles. The largest absolute Gasteiger partial charge is 0.353 e. The second-order valence-corrected chi connectivity index (χ2v) is 3.97. The van der Waals surface area contributed by atoms with Crippen molar-refractivity contribution in [2.24, 2.45) is 0 Å². The van der Waals surface area contributed by atoms with E-state index in [1.165, 1.54) is 6.33 Å². The number of hydrogen-bond acceptors (Lipinski definition) is 4. The maximum Gasteiger partial charge on any atom is 0.161 e. The van der Waals surface area contributed by atoms with Gasteiger partial charge in [0.05, 0.1) is 5.69 Å². The Kier molecular flexibility index (Phi) is 5.06. The van der Waals surface area contributed by atoms with Gasteiger partial charge in [0.15, 0.2) is 6.29 Å². The normalized spacial score (nSPS) is 11.1. The molecule has 0 aliphatic rings. The van der Waals surface area contributed by atoms with Crippen molar-refractivity contribution in [1.82, 2.24) is 14.8 Å². The molecule has 1 aromatic heterocycles. The van der Waals surface area contributed by atoms with Crippen LogP contribution in [-0.2, 0) is 15.9 Å². The molecule has 0 atom stereocenters. The van der Waals surface area contributed by atoms with Crippen LogP contribution in [0.4, 0.5) is 0 Å². The second-order valence-electron chi connectivity index (χ2n) is 3.97. The Bertz CT molecular complexity index is 462.